The number of hydrogen-bond acceptors (Lipinski definition) is 10. The first-order valence-electron chi connectivity index (χ1n) is 11.6. The van der Waals surface area contributed by atoms with Crippen molar-refractivity contribution in [2.75, 3.05) is 65.0 Å². The van der Waals surface area contributed by atoms with Crippen LogP contribution in [0.3, 0.4) is 0 Å². The van der Waals surface area contributed by atoms with Gasteiger partial charge in [-0.15, -0.1) is 0 Å². The van der Waals surface area contributed by atoms with E-state index in [-0.39, 0.29) is 5.56 Å². The van der Waals surface area contributed by atoms with Crippen LogP contribution in [0, 0.1) is 0 Å². The van der Waals surface area contributed by atoms with Crippen LogP contribution in [0.5, 0.6) is 5.88 Å². The molecule has 0 atom stereocenters. The van der Waals surface area contributed by atoms with Gasteiger partial charge in [-0.1, -0.05) is 6.92 Å². The lowest BCUT2D eigenvalue weighted by molar-refractivity contribution is 0.0398. The summed E-state index contributed by atoms with van der Waals surface area (Å²) in [6.07, 6.45) is 4.19. The number of fused-ring (bicyclic) bond motifs is 1. The molecule has 0 radical (unpaired) electrons. The molecule has 1 aliphatic heterocycles. The minimum atomic E-state index is -0.230. The smallest absolute Gasteiger partial charge is 0.295 e. The standard InChI is InChI=1S/C23H31N7O4/c1-3-11-33-14-10-30-22-18(16-26-20(28-22)17-4-5-19(32-2)25-15-17)27-21(23(30)31)24-6-7-29-8-12-34-13-9-29/h4-5,15-16H,3,6-14H2,1-2H3,(H,24,27). The Kier molecular flexibility index (Phi) is 8.34. The summed E-state index contributed by atoms with van der Waals surface area (Å²) in [7, 11) is 1.56. The highest BCUT2D eigenvalue weighted by Crippen LogP contribution is 2.19. The summed E-state index contributed by atoms with van der Waals surface area (Å²) in [5, 5.41) is 3.21. The molecule has 0 aliphatic carbocycles. The highest BCUT2D eigenvalue weighted by Gasteiger charge is 2.15. The van der Waals surface area contributed by atoms with Crippen LogP contribution in [0.1, 0.15) is 13.3 Å². The van der Waals surface area contributed by atoms with Crippen molar-refractivity contribution >= 4 is 17.0 Å². The van der Waals surface area contributed by atoms with Crippen molar-refractivity contribution in [1.29, 1.82) is 0 Å². The van der Waals surface area contributed by atoms with Crippen LogP contribution in [-0.2, 0) is 16.0 Å². The highest BCUT2D eigenvalue weighted by atomic mass is 16.5. The molecule has 1 saturated heterocycles. The predicted octanol–water partition coefficient (Wildman–Crippen LogP) is 1.43. The van der Waals surface area contributed by atoms with E-state index in [0.29, 0.717) is 55.0 Å². The molecule has 0 aromatic carbocycles. The molecule has 1 fully saturated rings. The molecule has 1 N–H and O–H groups in total. The number of nitrogens with zero attached hydrogens (tertiary/aromatic N) is 6. The summed E-state index contributed by atoms with van der Waals surface area (Å²) >= 11 is 0. The number of methoxy groups -OCH3 is 1. The normalized spacial score (nSPS) is 14.4. The van der Waals surface area contributed by atoms with E-state index in [4.69, 9.17) is 14.2 Å². The molecule has 11 nitrogen and oxygen atoms in total. The van der Waals surface area contributed by atoms with Gasteiger partial charge in [0.05, 0.1) is 39.7 Å². The Morgan fingerprint density at radius 3 is 2.68 bits per heavy atom. The fourth-order valence-electron chi connectivity index (χ4n) is 3.69. The molecule has 0 amide bonds. The SMILES string of the molecule is CCCOCCn1c(=O)c(NCCN2CCOCC2)nc2cnc(-c3ccc(OC)nc3)nc21. The van der Waals surface area contributed by atoms with E-state index in [1.807, 2.05) is 13.0 Å². The molecule has 182 valence electrons. The Morgan fingerprint density at radius 2 is 1.94 bits per heavy atom. The van der Waals surface area contributed by atoms with Gasteiger partial charge >= 0.3 is 0 Å². The van der Waals surface area contributed by atoms with Crippen LogP contribution in [0.2, 0.25) is 0 Å². The molecule has 3 aromatic rings. The van der Waals surface area contributed by atoms with Crippen LogP contribution in [0.25, 0.3) is 22.6 Å². The Labute approximate surface area is 198 Å². The Hall–Kier alpha value is -3.15. The number of morpholine rings is 1. The van der Waals surface area contributed by atoms with E-state index in [0.717, 1.165) is 44.8 Å². The van der Waals surface area contributed by atoms with Crippen LogP contribution in [-0.4, -0.2) is 89.1 Å². The maximum absolute atomic E-state index is 13.3. The van der Waals surface area contributed by atoms with Gasteiger partial charge in [0.1, 0.15) is 5.52 Å². The van der Waals surface area contributed by atoms with E-state index in [1.165, 1.54) is 0 Å². The number of pyridine rings is 1. The molecule has 0 saturated carbocycles. The minimum absolute atomic E-state index is 0.230. The minimum Gasteiger partial charge on any atom is -0.481 e. The number of rotatable bonds is 11. The van der Waals surface area contributed by atoms with Gasteiger partial charge in [0, 0.05) is 50.6 Å². The molecule has 0 bridgehead atoms. The second-order valence-electron chi connectivity index (χ2n) is 7.90. The summed E-state index contributed by atoms with van der Waals surface area (Å²) in [5.74, 6) is 1.25. The molecule has 0 spiro atoms. The topological polar surface area (TPSA) is 117 Å². The average Bonchev–Trinajstić information content (AvgIpc) is 2.88. The molecule has 34 heavy (non-hydrogen) atoms. The molecule has 1 aliphatic rings. The van der Waals surface area contributed by atoms with Crippen molar-refractivity contribution in [3.05, 3.63) is 34.9 Å². The van der Waals surface area contributed by atoms with Crippen molar-refractivity contribution in [1.82, 2.24) is 29.4 Å². The second-order valence-corrected chi connectivity index (χ2v) is 7.90. The maximum Gasteiger partial charge on any atom is 0.295 e. The lowest BCUT2D eigenvalue weighted by Gasteiger charge is -2.26. The number of hydrogen-bond donors (Lipinski definition) is 1. The molecular weight excluding hydrogens is 438 g/mol. The summed E-state index contributed by atoms with van der Waals surface area (Å²) in [4.78, 5) is 33.5. The number of anilines is 1. The van der Waals surface area contributed by atoms with Crippen molar-refractivity contribution in [2.24, 2.45) is 0 Å². The van der Waals surface area contributed by atoms with Gasteiger partial charge in [0.25, 0.3) is 5.56 Å². The van der Waals surface area contributed by atoms with Gasteiger partial charge in [-0.2, -0.15) is 0 Å². The zero-order chi connectivity index (χ0) is 23.8. The Bertz CT molecular complexity index is 1130. The summed E-state index contributed by atoms with van der Waals surface area (Å²) in [6.45, 7) is 8.14. The van der Waals surface area contributed by atoms with Gasteiger partial charge in [-0.25, -0.2) is 19.9 Å². The molecule has 4 rings (SSSR count). The van der Waals surface area contributed by atoms with Gasteiger partial charge in [-0.3, -0.25) is 14.3 Å². The van der Waals surface area contributed by atoms with Crippen LogP contribution in [0.15, 0.2) is 29.3 Å². The zero-order valence-electron chi connectivity index (χ0n) is 19.7. The van der Waals surface area contributed by atoms with Gasteiger partial charge < -0.3 is 19.5 Å². The first kappa shape index (κ1) is 24.0. The zero-order valence-corrected chi connectivity index (χ0v) is 19.7. The molecule has 4 heterocycles. The molecule has 0 unspecified atom stereocenters. The number of aromatic nitrogens is 5. The van der Waals surface area contributed by atoms with E-state index in [1.54, 1.807) is 30.1 Å². The van der Waals surface area contributed by atoms with Crippen LogP contribution >= 0.6 is 0 Å². The third-order valence-corrected chi connectivity index (χ3v) is 5.52. The quantitative estimate of drug-likeness (QED) is 0.413. The molecule has 3 aromatic heterocycles. The van der Waals surface area contributed by atoms with E-state index in [2.05, 4.69) is 30.2 Å². The fourth-order valence-corrected chi connectivity index (χ4v) is 3.69. The Balaban J connectivity index is 1.61. The van der Waals surface area contributed by atoms with Crippen molar-refractivity contribution in [3.63, 3.8) is 0 Å². The van der Waals surface area contributed by atoms with E-state index >= 15 is 0 Å². The lowest BCUT2D eigenvalue weighted by atomic mass is 10.2. The molecule has 11 heteroatoms. The predicted molar refractivity (Wildman–Crippen MR) is 128 cm³/mol. The Morgan fingerprint density at radius 1 is 1.09 bits per heavy atom. The van der Waals surface area contributed by atoms with Gasteiger partial charge in [0.2, 0.25) is 5.88 Å². The maximum atomic E-state index is 13.3. The monoisotopic (exact) mass is 469 g/mol. The number of ether oxygens (including phenoxy) is 3. The highest BCUT2D eigenvalue weighted by molar-refractivity contribution is 5.74. The average molecular weight is 470 g/mol. The second kappa shape index (κ2) is 11.8. The first-order valence-corrected chi connectivity index (χ1v) is 11.6. The van der Waals surface area contributed by atoms with Crippen LogP contribution in [0.4, 0.5) is 5.82 Å². The van der Waals surface area contributed by atoms with Crippen molar-refractivity contribution in [2.45, 2.75) is 19.9 Å². The third kappa shape index (κ3) is 5.85. The molecular formula is C23H31N7O4. The van der Waals surface area contributed by atoms with Crippen molar-refractivity contribution < 1.29 is 14.2 Å². The van der Waals surface area contributed by atoms with E-state index < -0.39 is 0 Å². The fraction of sp³-hybridized carbons (Fsp3) is 0.522. The summed E-state index contributed by atoms with van der Waals surface area (Å²) in [5.41, 5.74) is 1.49. The van der Waals surface area contributed by atoms with Crippen molar-refractivity contribution in [3.8, 4) is 17.3 Å². The van der Waals surface area contributed by atoms with Gasteiger partial charge in [0.15, 0.2) is 17.3 Å². The number of nitrogens with one attached hydrogen (secondary N) is 1. The van der Waals surface area contributed by atoms with E-state index in [9.17, 15) is 4.79 Å². The largest absolute Gasteiger partial charge is 0.481 e. The lowest BCUT2D eigenvalue weighted by Crippen LogP contribution is -2.39. The van der Waals surface area contributed by atoms with Crippen LogP contribution < -0.4 is 15.6 Å². The van der Waals surface area contributed by atoms with Gasteiger partial charge in [-0.05, 0) is 12.5 Å². The first-order chi connectivity index (χ1) is 16.7. The summed E-state index contributed by atoms with van der Waals surface area (Å²) in [6, 6.07) is 3.57. The third-order valence-electron chi connectivity index (χ3n) is 5.52. The summed E-state index contributed by atoms with van der Waals surface area (Å²) < 4.78 is 17.8.